The van der Waals surface area contributed by atoms with E-state index in [9.17, 15) is 9.59 Å². The lowest BCUT2D eigenvalue weighted by atomic mass is 10.2. The first-order chi connectivity index (χ1) is 11.7. The van der Waals surface area contributed by atoms with Crippen LogP contribution in [0.5, 0.6) is 0 Å². The molecule has 0 radical (unpaired) electrons. The lowest BCUT2D eigenvalue weighted by Gasteiger charge is -2.09. The number of anilines is 1. The topological polar surface area (TPSA) is 95.6 Å². The Kier molecular flexibility index (Phi) is 3.24. The summed E-state index contributed by atoms with van der Waals surface area (Å²) in [7, 11) is 0. The highest BCUT2D eigenvalue weighted by molar-refractivity contribution is 6.04. The van der Waals surface area contributed by atoms with Gasteiger partial charge in [-0.3, -0.25) is 9.36 Å². The number of H-pyrrole nitrogens is 2. The Hall–Kier alpha value is -3.61. The minimum Gasteiger partial charge on any atom is -0.321 e. The molecular weight excluding hydrogens is 306 g/mol. The molecule has 1 amide bonds. The predicted octanol–water partition coefficient (Wildman–Crippen LogP) is 2.29. The van der Waals surface area contributed by atoms with Gasteiger partial charge in [-0.05, 0) is 30.3 Å². The van der Waals surface area contributed by atoms with Crippen molar-refractivity contribution in [3.05, 3.63) is 77.2 Å². The maximum atomic E-state index is 12.6. The zero-order valence-electron chi connectivity index (χ0n) is 12.5. The largest absolute Gasteiger partial charge is 0.323 e. The van der Waals surface area contributed by atoms with Crippen molar-refractivity contribution < 1.29 is 4.79 Å². The van der Waals surface area contributed by atoms with Crippen molar-refractivity contribution in [3.63, 3.8) is 0 Å². The summed E-state index contributed by atoms with van der Waals surface area (Å²) in [5.41, 5.74) is 2.90. The van der Waals surface area contributed by atoms with Gasteiger partial charge in [0, 0.05) is 11.4 Å². The normalized spacial score (nSPS) is 10.8. The molecule has 0 bridgehead atoms. The van der Waals surface area contributed by atoms with E-state index in [0.717, 1.165) is 5.69 Å². The van der Waals surface area contributed by atoms with Crippen LogP contribution in [0.25, 0.3) is 16.7 Å². The molecule has 118 valence electrons. The van der Waals surface area contributed by atoms with Gasteiger partial charge in [0.05, 0.1) is 23.6 Å². The van der Waals surface area contributed by atoms with Gasteiger partial charge in [0.25, 0.3) is 5.91 Å². The van der Waals surface area contributed by atoms with Gasteiger partial charge in [-0.2, -0.15) is 0 Å². The van der Waals surface area contributed by atoms with Crippen LogP contribution in [0.1, 0.15) is 10.5 Å². The fourth-order valence-electron chi connectivity index (χ4n) is 2.56. The summed E-state index contributed by atoms with van der Waals surface area (Å²) in [6.07, 6.45) is 3.11. The number of rotatable bonds is 3. The maximum Gasteiger partial charge on any atom is 0.323 e. The highest BCUT2D eigenvalue weighted by Gasteiger charge is 2.13. The third kappa shape index (κ3) is 2.48. The SMILES string of the molecule is O=C(Nc1ccc2[nH]c(=O)[nH]c2c1)c1cncn1-c1ccccc1. The summed E-state index contributed by atoms with van der Waals surface area (Å²) < 4.78 is 1.71. The first-order valence-electron chi connectivity index (χ1n) is 7.32. The van der Waals surface area contributed by atoms with Crippen LogP contribution in [0, 0.1) is 0 Å². The number of para-hydroxylation sites is 1. The van der Waals surface area contributed by atoms with Crippen molar-refractivity contribution >= 4 is 22.6 Å². The lowest BCUT2D eigenvalue weighted by Crippen LogP contribution is -2.16. The number of amides is 1. The Balaban J connectivity index is 1.64. The molecule has 0 saturated heterocycles. The third-order valence-corrected chi connectivity index (χ3v) is 3.68. The van der Waals surface area contributed by atoms with Crippen molar-refractivity contribution in [2.24, 2.45) is 0 Å². The van der Waals surface area contributed by atoms with Crippen molar-refractivity contribution in [2.75, 3.05) is 5.32 Å². The fourth-order valence-corrected chi connectivity index (χ4v) is 2.56. The zero-order valence-corrected chi connectivity index (χ0v) is 12.5. The Labute approximate surface area is 136 Å². The van der Waals surface area contributed by atoms with Gasteiger partial charge in [-0.25, -0.2) is 9.78 Å². The predicted molar refractivity (Wildman–Crippen MR) is 90.4 cm³/mol. The van der Waals surface area contributed by atoms with Crippen LogP contribution in [0.4, 0.5) is 5.69 Å². The molecule has 0 atom stereocenters. The minimum absolute atomic E-state index is 0.282. The van der Waals surface area contributed by atoms with E-state index < -0.39 is 0 Å². The van der Waals surface area contributed by atoms with E-state index in [-0.39, 0.29) is 11.6 Å². The molecule has 3 N–H and O–H groups in total. The highest BCUT2D eigenvalue weighted by Crippen LogP contribution is 2.17. The standard InChI is InChI=1S/C17H13N5O2/c23-16(15-9-18-10-22(15)12-4-2-1-3-5-12)19-11-6-7-13-14(8-11)21-17(24)20-13/h1-10H,(H,19,23)(H2,20,21,24). The lowest BCUT2D eigenvalue weighted by molar-refractivity contribution is 0.102. The van der Waals surface area contributed by atoms with Gasteiger partial charge in [-0.1, -0.05) is 18.2 Å². The molecule has 0 saturated carbocycles. The number of aromatic nitrogens is 4. The van der Waals surface area contributed by atoms with Gasteiger partial charge < -0.3 is 15.3 Å². The van der Waals surface area contributed by atoms with E-state index in [1.807, 2.05) is 30.3 Å². The van der Waals surface area contributed by atoms with Gasteiger partial charge in [0.2, 0.25) is 0 Å². The number of carbonyl (C=O) groups excluding carboxylic acids is 1. The molecule has 0 aliphatic heterocycles. The molecule has 7 heteroatoms. The maximum absolute atomic E-state index is 12.6. The highest BCUT2D eigenvalue weighted by atomic mass is 16.2. The van der Waals surface area contributed by atoms with Crippen LogP contribution in [0.3, 0.4) is 0 Å². The van der Waals surface area contributed by atoms with Crippen molar-refractivity contribution in [2.45, 2.75) is 0 Å². The summed E-state index contributed by atoms with van der Waals surface area (Å²) >= 11 is 0. The second-order valence-corrected chi connectivity index (χ2v) is 5.28. The number of hydrogen-bond acceptors (Lipinski definition) is 3. The second kappa shape index (κ2) is 5.54. The van der Waals surface area contributed by atoms with Crippen molar-refractivity contribution in [3.8, 4) is 5.69 Å². The molecular formula is C17H13N5O2. The fraction of sp³-hybridized carbons (Fsp3) is 0. The molecule has 4 rings (SSSR count). The van der Waals surface area contributed by atoms with Crippen LogP contribution >= 0.6 is 0 Å². The monoisotopic (exact) mass is 319 g/mol. The van der Waals surface area contributed by atoms with E-state index in [4.69, 9.17) is 0 Å². The molecule has 2 aromatic carbocycles. The van der Waals surface area contributed by atoms with Crippen LogP contribution < -0.4 is 11.0 Å². The van der Waals surface area contributed by atoms with E-state index in [0.29, 0.717) is 22.4 Å². The second-order valence-electron chi connectivity index (χ2n) is 5.28. The number of carbonyl (C=O) groups is 1. The summed E-state index contributed by atoms with van der Waals surface area (Å²) in [5, 5.41) is 2.82. The smallest absolute Gasteiger partial charge is 0.321 e. The van der Waals surface area contributed by atoms with Gasteiger partial charge in [-0.15, -0.1) is 0 Å². The molecule has 0 aliphatic rings. The quantitative estimate of drug-likeness (QED) is 0.540. The molecule has 4 aromatic rings. The summed E-state index contributed by atoms with van der Waals surface area (Å²) in [6, 6.07) is 14.7. The summed E-state index contributed by atoms with van der Waals surface area (Å²) in [5.74, 6) is -0.284. The van der Waals surface area contributed by atoms with Crippen LogP contribution in [-0.4, -0.2) is 25.4 Å². The van der Waals surface area contributed by atoms with Crippen LogP contribution in [-0.2, 0) is 0 Å². The van der Waals surface area contributed by atoms with E-state index in [1.54, 1.807) is 29.1 Å². The average molecular weight is 319 g/mol. The zero-order chi connectivity index (χ0) is 16.5. The number of fused-ring (bicyclic) bond motifs is 1. The number of imidazole rings is 2. The van der Waals surface area contributed by atoms with Gasteiger partial charge >= 0.3 is 5.69 Å². The molecule has 0 fully saturated rings. The number of benzene rings is 2. The summed E-state index contributed by atoms with van der Waals surface area (Å²) in [6.45, 7) is 0. The Bertz CT molecular complexity index is 1080. The van der Waals surface area contributed by atoms with Gasteiger partial charge in [0.1, 0.15) is 5.69 Å². The van der Waals surface area contributed by atoms with Crippen molar-refractivity contribution in [1.29, 1.82) is 0 Å². The average Bonchev–Trinajstić information content (AvgIpc) is 3.21. The first kappa shape index (κ1) is 14.0. The van der Waals surface area contributed by atoms with E-state index >= 15 is 0 Å². The Morgan fingerprint density at radius 3 is 2.67 bits per heavy atom. The molecule has 2 aromatic heterocycles. The van der Waals surface area contributed by atoms with Gasteiger partial charge in [0.15, 0.2) is 0 Å². The number of nitrogens with zero attached hydrogens (tertiary/aromatic N) is 2. The number of nitrogens with one attached hydrogen (secondary N) is 3. The Morgan fingerprint density at radius 2 is 1.83 bits per heavy atom. The molecule has 24 heavy (non-hydrogen) atoms. The molecule has 0 aliphatic carbocycles. The van der Waals surface area contributed by atoms with Crippen LogP contribution in [0.15, 0.2) is 65.8 Å². The minimum atomic E-state index is -0.284. The van der Waals surface area contributed by atoms with Crippen LogP contribution in [0.2, 0.25) is 0 Å². The first-order valence-corrected chi connectivity index (χ1v) is 7.32. The number of hydrogen-bond donors (Lipinski definition) is 3. The molecule has 2 heterocycles. The molecule has 7 nitrogen and oxygen atoms in total. The van der Waals surface area contributed by atoms with E-state index in [1.165, 1.54) is 6.20 Å². The van der Waals surface area contributed by atoms with Crippen molar-refractivity contribution in [1.82, 2.24) is 19.5 Å². The Morgan fingerprint density at radius 1 is 1.04 bits per heavy atom. The van der Waals surface area contributed by atoms with E-state index in [2.05, 4.69) is 20.3 Å². The number of aromatic amines is 2. The summed E-state index contributed by atoms with van der Waals surface area (Å²) in [4.78, 5) is 33.2. The molecule has 0 unspecified atom stereocenters. The molecule has 0 spiro atoms. The third-order valence-electron chi connectivity index (χ3n) is 3.68.